The minimum Gasteiger partial charge on any atom is -0.390 e. The first-order valence-electron chi connectivity index (χ1n) is 8.02. The van der Waals surface area contributed by atoms with E-state index in [4.69, 9.17) is 0 Å². The second-order valence-corrected chi connectivity index (χ2v) is 6.42. The zero-order valence-corrected chi connectivity index (χ0v) is 13.1. The van der Waals surface area contributed by atoms with Gasteiger partial charge in [0.15, 0.2) is 0 Å². The number of hydrogen-bond acceptors (Lipinski definition) is 5. The maximum atomic E-state index is 12.4. The number of aromatic amines is 1. The highest BCUT2D eigenvalue weighted by Crippen LogP contribution is 2.18. The van der Waals surface area contributed by atoms with Crippen LogP contribution in [0.15, 0.2) is 12.4 Å². The highest BCUT2D eigenvalue weighted by molar-refractivity contribution is 5.93. The molecule has 0 unspecified atom stereocenters. The number of amides is 1. The first kappa shape index (κ1) is 15.5. The molecule has 0 saturated carbocycles. The number of H-pyrrole nitrogens is 1. The monoisotopic (exact) mass is 307 g/mol. The van der Waals surface area contributed by atoms with E-state index in [1.54, 1.807) is 11.1 Å². The molecule has 22 heavy (non-hydrogen) atoms. The number of aliphatic hydroxyl groups is 1. The Morgan fingerprint density at radius 3 is 2.73 bits per heavy atom. The van der Waals surface area contributed by atoms with Crippen molar-refractivity contribution in [2.45, 2.75) is 25.0 Å². The molecular formula is C15H25N5O2. The van der Waals surface area contributed by atoms with Crippen molar-refractivity contribution in [1.29, 1.82) is 0 Å². The van der Waals surface area contributed by atoms with Gasteiger partial charge in [0.2, 0.25) is 0 Å². The number of piperidine rings is 1. The van der Waals surface area contributed by atoms with E-state index in [1.807, 2.05) is 0 Å². The Morgan fingerprint density at radius 2 is 2.05 bits per heavy atom. The molecule has 1 aromatic rings. The predicted molar refractivity (Wildman–Crippen MR) is 82.6 cm³/mol. The van der Waals surface area contributed by atoms with E-state index >= 15 is 0 Å². The van der Waals surface area contributed by atoms with Gasteiger partial charge in [-0.1, -0.05) is 0 Å². The molecule has 0 spiro atoms. The van der Waals surface area contributed by atoms with E-state index in [2.05, 4.69) is 27.0 Å². The first-order valence-corrected chi connectivity index (χ1v) is 8.02. The molecule has 122 valence electrons. The van der Waals surface area contributed by atoms with Crippen molar-refractivity contribution in [3.63, 3.8) is 0 Å². The van der Waals surface area contributed by atoms with Crippen molar-refractivity contribution in [3.8, 4) is 0 Å². The summed E-state index contributed by atoms with van der Waals surface area (Å²) in [5.41, 5.74) is 0.556. The summed E-state index contributed by atoms with van der Waals surface area (Å²) < 4.78 is 0. The Kier molecular flexibility index (Phi) is 4.75. The van der Waals surface area contributed by atoms with Crippen molar-refractivity contribution in [1.82, 2.24) is 24.9 Å². The van der Waals surface area contributed by atoms with Gasteiger partial charge in [0, 0.05) is 38.4 Å². The molecule has 7 heteroatoms. The lowest BCUT2D eigenvalue weighted by atomic mass is 10.0. The van der Waals surface area contributed by atoms with Crippen LogP contribution < -0.4 is 0 Å². The fraction of sp³-hybridized carbons (Fsp3) is 0.733. The lowest BCUT2D eigenvalue weighted by Crippen LogP contribution is -2.46. The van der Waals surface area contributed by atoms with E-state index in [1.165, 1.54) is 6.20 Å². The third kappa shape index (κ3) is 3.48. The summed E-state index contributed by atoms with van der Waals surface area (Å²) >= 11 is 0. The summed E-state index contributed by atoms with van der Waals surface area (Å²) in [6.07, 6.45) is 4.93. The Balaban J connectivity index is 1.61. The average Bonchev–Trinajstić information content (AvgIpc) is 2.97. The Hall–Kier alpha value is -1.44. The quantitative estimate of drug-likeness (QED) is 0.779. The molecule has 0 bridgehead atoms. The number of β-amino-alcohol motifs (C(OH)–C–C–N with tert-alkyl or cyclic N) is 1. The van der Waals surface area contributed by atoms with Crippen LogP contribution in [0.1, 0.15) is 23.2 Å². The second-order valence-electron chi connectivity index (χ2n) is 6.42. The molecule has 0 radical (unpaired) electrons. The SMILES string of the molecule is CN1CCC(N2CCN(C(=O)c3cn[nH]c3)C[C@H](O)C2)CC1. The van der Waals surface area contributed by atoms with Gasteiger partial charge in [-0.2, -0.15) is 5.10 Å². The van der Waals surface area contributed by atoms with E-state index in [-0.39, 0.29) is 5.91 Å². The summed E-state index contributed by atoms with van der Waals surface area (Å²) in [6.45, 7) is 4.75. The Labute approximate surface area is 130 Å². The number of hydrogen-bond donors (Lipinski definition) is 2. The maximum Gasteiger partial charge on any atom is 0.257 e. The van der Waals surface area contributed by atoms with Gasteiger partial charge >= 0.3 is 0 Å². The standard InChI is InChI=1S/C15H25N5O2/c1-18-4-2-13(3-5-18)19-6-7-20(11-14(21)10-19)15(22)12-8-16-17-9-12/h8-9,13-14,21H,2-7,10-11H2,1H3,(H,16,17)/t14-/m1/s1. The lowest BCUT2D eigenvalue weighted by Gasteiger charge is -2.37. The number of carbonyl (C=O) groups excluding carboxylic acids is 1. The van der Waals surface area contributed by atoms with Crippen LogP contribution in [0.2, 0.25) is 0 Å². The normalized spacial score (nSPS) is 26.1. The molecule has 1 amide bonds. The molecule has 2 saturated heterocycles. The highest BCUT2D eigenvalue weighted by Gasteiger charge is 2.30. The number of aliphatic hydroxyl groups excluding tert-OH is 1. The van der Waals surface area contributed by atoms with Crippen LogP contribution >= 0.6 is 0 Å². The van der Waals surface area contributed by atoms with Crippen LogP contribution in [-0.2, 0) is 0 Å². The summed E-state index contributed by atoms with van der Waals surface area (Å²) in [6, 6.07) is 0.523. The molecule has 2 aliphatic heterocycles. The third-order valence-corrected chi connectivity index (χ3v) is 4.77. The summed E-state index contributed by atoms with van der Waals surface area (Å²) in [4.78, 5) is 18.9. The first-order chi connectivity index (χ1) is 10.6. The Morgan fingerprint density at radius 1 is 1.27 bits per heavy atom. The van der Waals surface area contributed by atoms with Gasteiger partial charge in [-0.05, 0) is 33.0 Å². The number of nitrogens with one attached hydrogen (secondary N) is 1. The number of nitrogens with zero attached hydrogens (tertiary/aromatic N) is 4. The van der Waals surface area contributed by atoms with Gasteiger partial charge in [-0.3, -0.25) is 14.8 Å². The van der Waals surface area contributed by atoms with Crippen LogP contribution in [0.5, 0.6) is 0 Å². The van der Waals surface area contributed by atoms with Crippen LogP contribution in [0, 0.1) is 0 Å². The van der Waals surface area contributed by atoms with E-state index in [9.17, 15) is 9.90 Å². The second kappa shape index (κ2) is 6.76. The lowest BCUT2D eigenvalue weighted by molar-refractivity contribution is 0.0627. The van der Waals surface area contributed by atoms with Crippen molar-refractivity contribution in [2.24, 2.45) is 0 Å². The van der Waals surface area contributed by atoms with Crippen LogP contribution in [-0.4, -0.2) is 94.4 Å². The summed E-state index contributed by atoms with van der Waals surface area (Å²) in [7, 11) is 2.15. The zero-order chi connectivity index (χ0) is 15.5. The summed E-state index contributed by atoms with van der Waals surface area (Å²) in [5.74, 6) is -0.0574. The molecule has 2 aliphatic rings. The molecule has 7 nitrogen and oxygen atoms in total. The molecule has 0 aliphatic carbocycles. The van der Waals surface area contributed by atoms with Gasteiger partial charge in [-0.15, -0.1) is 0 Å². The average molecular weight is 307 g/mol. The van der Waals surface area contributed by atoms with Crippen molar-refractivity contribution >= 4 is 5.91 Å². The molecular weight excluding hydrogens is 282 g/mol. The van der Waals surface area contributed by atoms with Crippen molar-refractivity contribution < 1.29 is 9.90 Å². The molecule has 2 N–H and O–H groups in total. The van der Waals surface area contributed by atoms with E-state index in [0.29, 0.717) is 31.2 Å². The Bertz CT molecular complexity index is 484. The number of rotatable bonds is 2. The van der Waals surface area contributed by atoms with E-state index in [0.717, 1.165) is 32.5 Å². The van der Waals surface area contributed by atoms with Crippen molar-refractivity contribution in [2.75, 3.05) is 46.3 Å². The van der Waals surface area contributed by atoms with Crippen LogP contribution in [0.4, 0.5) is 0 Å². The molecule has 3 rings (SSSR count). The minimum absolute atomic E-state index is 0.0574. The van der Waals surface area contributed by atoms with Crippen LogP contribution in [0.25, 0.3) is 0 Å². The van der Waals surface area contributed by atoms with Gasteiger partial charge in [-0.25, -0.2) is 0 Å². The fourth-order valence-corrected chi connectivity index (χ4v) is 3.44. The van der Waals surface area contributed by atoms with Crippen LogP contribution in [0.3, 0.4) is 0 Å². The predicted octanol–water partition coefficient (Wildman–Crippen LogP) is -0.377. The largest absolute Gasteiger partial charge is 0.390 e. The smallest absolute Gasteiger partial charge is 0.257 e. The van der Waals surface area contributed by atoms with Gasteiger partial charge in [0.25, 0.3) is 5.91 Å². The third-order valence-electron chi connectivity index (χ3n) is 4.77. The topological polar surface area (TPSA) is 75.7 Å². The van der Waals surface area contributed by atoms with Gasteiger partial charge in [0.1, 0.15) is 0 Å². The summed E-state index contributed by atoms with van der Waals surface area (Å²) in [5, 5.41) is 16.8. The van der Waals surface area contributed by atoms with Crippen molar-refractivity contribution in [3.05, 3.63) is 18.0 Å². The molecule has 2 fully saturated rings. The molecule has 1 atom stereocenters. The molecule has 3 heterocycles. The van der Waals surface area contributed by atoms with E-state index < -0.39 is 6.10 Å². The number of carbonyl (C=O) groups is 1. The molecule has 0 aromatic carbocycles. The molecule has 1 aromatic heterocycles. The maximum absolute atomic E-state index is 12.4. The number of aromatic nitrogens is 2. The van der Waals surface area contributed by atoms with Gasteiger partial charge in [0.05, 0.1) is 17.9 Å². The minimum atomic E-state index is -0.488. The zero-order valence-electron chi connectivity index (χ0n) is 13.1. The number of likely N-dealkylation sites (tertiary alicyclic amines) is 1. The fourth-order valence-electron chi connectivity index (χ4n) is 3.44. The highest BCUT2D eigenvalue weighted by atomic mass is 16.3. The van der Waals surface area contributed by atoms with Gasteiger partial charge < -0.3 is 14.9 Å².